The molecule has 2 aromatic heterocycles. The third kappa shape index (κ3) is 3.65. The fourth-order valence-electron chi connectivity index (χ4n) is 4.69. The fraction of sp³-hybridized carbons (Fsp3) is 0.154. The molecule has 2 unspecified atom stereocenters. The van der Waals surface area contributed by atoms with Gasteiger partial charge in [0.2, 0.25) is 0 Å². The Labute approximate surface area is 203 Å². The van der Waals surface area contributed by atoms with Crippen LogP contribution in [0.4, 0.5) is 5.69 Å². The van der Waals surface area contributed by atoms with Gasteiger partial charge < -0.3 is 19.9 Å². The van der Waals surface area contributed by atoms with Gasteiger partial charge in [0.1, 0.15) is 5.75 Å². The average molecular weight is 475 g/mol. The van der Waals surface area contributed by atoms with Crippen molar-refractivity contribution in [2.24, 2.45) is 0 Å². The summed E-state index contributed by atoms with van der Waals surface area (Å²) in [6, 6.07) is 22.7. The van der Waals surface area contributed by atoms with Crippen LogP contribution in [0.25, 0.3) is 5.69 Å². The monoisotopic (exact) mass is 474 g/mol. The van der Waals surface area contributed by atoms with Crippen molar-refractivity contribution in [1.29, 1.82) is 0 Å². The number of phenols is 1. The molecule has 2 aromatic carbocycles. The number of rotatable bonds is 4. The Bertz CT molecular complexity index is 1340. The quantitative estimate of drug-likeness (QED) is 0.354. The number of anilines is 1. The zero-order valence-electron chi connectivity index (χ0n) is 18.2. The van der Waals surface area contributed by atoms with Crippen molar-refractivity contribution in [1.82, 2.24) is 14.9 Å². The minimum atomic E-state index is -0.219. The van der Waals surface area contributed by atoms with E-state index in [0.29, 0.717) is 15.8 Å². The van der Waals surface area contributed by atoms with Gasteiger partial charge in [0, 0.05) is 17.6 Å². The molecule has 0 spiro atoms. The van der Waals surface area contributed by atoms with E-state index in [9.17, 15) is 5.11 Å². The second kappa shape index (κ2) is 8.54. The van der Waals surface area contributed by atoms with Gasteiger partial charge in [-0.1, -0.05) is 41.9 Å². The zero-order chi connectivity index (χ0) is 23.1. The molecular formula is C26H23ClN4OS. The van der Waals surface area contributed by atoms with Crippen molar-refractivity contribution in [2.75, 3.05) is 4.90 Å². The van der Waals surface area contributed by atoms with Crippen molar-refractivity contribution < 1.29 is 5.11 Å². The molecule has 1 aliphatic rings. The molecule has 3 heterocycles. The molecule has 2 N–H and O–H groups in total. The third-order valence-corrected chi connectivity index (χ3v) is 6.76. The highest BCUT2D eigenvalue weighted by Crippen LogP contribution is 2.46. The van der Waals surface area contributed by atoms with Crippen LogP contribution in [-0.4, -0.2) is 19.8 Å². The van der Waals surface area contributed by atoms with Gasteiger partial charge in [0.05, 0.1) is 34.2 Å². The maximum absolute atomic E-state index is 10.7. The molecule has 0 aliphatic carbocycles. The number of thiocarbonyl (C=S) groups is 1. The SMILES string of the molecule is Cc1cc(C2C(c3ccccn3)NC(=S)N2c2ccccc2O)c(C)n1-c1ccccc1Cl. The van der Waals surface area contributed by atoms with Gasteiger partial charge in [0.25, 0.3) is 0 Å². The molecule has 1 aliphatic heterocycles. The van der Waals surface area contributed by atoms with Gasteiger partial charge in [0.15, 0.2) is 5.11 Å². The van der Waals surface area contributed by atoms with Gasteiger partial charge in [-0.05, 0) is 74.1 Å². The zero-order valence-corrected chi connectivity index (χ0v) is 19.8. The van der Waals surface area contributed by atoms with E-state index in [0.717, 1.165) is 28.3 Å². The lowest BCUT2D eigenvalue weighted by atomic mass is 9.96. The van der Waals surface area contributed by atoms with Crippen LogP contribution in [0.15, 0.2) is 79.0 Å². The van der Waals surface area contributed by atoms with Gasteiger partial charge in [-0.25, -0.2) is 0 Å². The molecule has 1 fully saturated rings. The van der Waals surface area contributed by atoms with Crippen molar-refractivity contribution >= 4 is 34.6 Å². The number of benzene rings is 2. The Balaban J connectivity index is 1.71. The lowest BCUT2D eigenvalue weighted by molar-refractivity contribution is 0.472. The van der Waals surface area contributed by atoms with E-state index in [4.69, 9.17) is 23.8 Å². The molecule has 0 bridgehead atoms. The summed E-state index contributed by atoms with van der Waals surface area (Å²) in [4.78, 5) is 6.60. The number of aromatic hydroxyl groups is 1. The number of aromatic nitrogens is 2. The molecule has 5 rings (SSSR count). The highest BCUT2D eigenvalue weighted by atomic mass is 35.5. The summed E-state index contributed by atoms with van der Waals surface area (Å²) in [5.74, 6) is 0.174. The highest BCUT2D eigenvalue weighted by molar-refractivity contribution is 7.80. The second-order valence-electron chi connectivity index (χ2n) is 8.10. The average Bonchev–Trinajstić information content (AvgIpc) is 3.30. The Hall–Kier alpha value is -3.35. The van der Waals surface area contributed by atoms with Crippen LogP contribution in [0, 0.1) is 13.8 Å². The molecule has 7 heteroatoms. The third-order valence-electron chi connectivity index (χ3n) is 6.12. The maximum Gasteiger partial charge on any atom is 0.174 e. The minimum Gasteiger partial charge on any atom is -0.506 e. The fourth-order valence-corrected chi connectivity index (χ4v) is 5.25. The number of hydrogen-bond donors (Lipinski definition) is 2. The number of phenolic OH excluding ortho intramolecular Hbond substituents is 1. The molecule has 0 amide bonds. The first kappa shape index (κ1) is 21.5. The molecule has 166 valence electrons. The topological polar surface area (TPSA) is 53.3 Å². The van der Waals surface area contributed by atoms with E-state index in [2.05, 4.69) is 34.8 Å². The lowest BCUT2D eigenvalue weighted by Gasteiger charge is -2.28. The van der Waals surface area contributed by atoms with Gasteiger partial charge in [-0.3, -0.25) is 4.98 Å². The Morgan fingerprint density at radius 1 is 0.970 bits per heavy atom. The smallest absolute Gasteiger partial charge is 0.174 e. The van der Waals surface area contributed by atoms with Crippen LogP contribution >= 0.6 is 23.8 Å². The number of halogens is 1. The first-order valence-corrected chi connectivity index (χ1v) is 11.5. The summed E-state index contributed by atoms with van der Waals surface area (Å²) in [6.45, 7) is 4.16. The van der Waals surface area contributed by atoms with Crippen LogP contribution in [0.1, 0.15) is 34.7 Å². The minimum absolute atomic E-state index is 0.174. The lowest BCUT2D eigenvalue weighted by Crippen LogP contribution is -2.29. The number of para-hydroxylation sites is 3. The van der Waals surface area contributed by atoms with Crippen molar-refractivity contribution in [3.05, 3.63) is 107 Å². The first-order valence-electron chi connectivity index (χ1n) is 10.7. The van der Waals surface area contributed by atoms with Crippen LogP contribution < -0.4 is 10.2 Å². The van der Waals surface area contributed by atoms with E-state index in [-0.39, 0.29) is 17.8 Å². The normalized spacial score (nSPS) is 17.9. The Kier molecular flexibility index (Phi) is 5.56. The summed E-state index contributed by atoms with van der Waals surface area (Å²) in [7, 11) is 0. The Morgan fingerprint density at radius 3 is 2.36 bits per heavy atom. The molecular weight excluding hydrogens is 452 g/mol. The number of hydrogen-bond acceptors (Lipinski definition) is 3. The molecule has 1 saturated heterocycles. The second-order valence-corrected chi connectivity index (χ2v) is 8.89. The van der Waals surface area contributed by atoms with Crippen molar-refractivity contribution in [3.8, 4) is 11.4 Å². The maximum atomic E-state index is 10.7. The van der Waals surface area contributed by atoms with E-state index in [1.54, 1.807) is 18.3 Å². The van der Waals surface area contributed by atoms with Crippen molar-refractivity contribution in [2.45, 2.75) is 25.9 Å². The van der Waals surface area contributed by atoms with Crippen molar-refractivity contribution in [3.63, 3.8) is 0 Å². The summed E-state index contributed by atoms with van der Waals surface area (Å²) >= 11 is 12.3. The Morgan fingerprint density at radius 2 is 1.67 bits per heavy atom. The van der Waals surface area contributed by atoms with E-state index >= 15 is 0 Å². The van der Waals surface area contributed by atoms with Crippen LogP contribution in [0.5, 0.6) is 5.75 Å². The summed E-state index contributed by atoms with van der Waals surface area (Å²) in [5.41, 5.74) is 5.66. The largest absolute Gasteiger partial charge is 0.506 e. The standard InChI is InChI=1S/C26H23ClN4OS/c1-16-15-18(17(2)30(16)21-11-4-3-9-19(21)27)25-24(20-10-7-8-14-28-20)29-26(33)31(25)22-12-5-6-13-23(22)32/h3-15,24-25,32H,1-2H3,(H,29,33). The first-order chi connectivity index (χ1) is 16.0. The van der Waals surface area contributed by atoms with E-state index in [1.165, 1.54) is 0 Å². The predicted molar refractivity (Wildman–Crippen MR) is 136 cm³/mol. The number of nitrogens with one attached hydrogen (secondary N) is 1. The molecule has 4 aromatic rings. The number of nitrogens with zero attached hydrogens (tertiary/aromatic N) is 3. The van der Waals surface area contributed by atoms with Gasteiger partial charge in [-0.15, -0.1) is 0 Å². The van der Waals surface area contributed by atoms with Gasteiger partial charge in [-0.2, -0.15) is 0 Å². The molecule has 0 radical (unpaired) electrons. The predicted octanol–water partition coefficient (Wildman–Crippen LogP) is 6.03. The molecule has 33 heavy (non-hydrogen) atoms. The van der Waals surface area contributed by atoms with Crippen LogP contribution in [-0.2, 0) is 0 Å². The summed E-state index contributed by atoms with van der Waals surface area (Å²) in [5, 5.41) is 15.4. The molecule has 2 atom stereocenters. The number of aryl methyl sites for hydroxylation is 1. The number of pyridine rings is 1. The summed E-state index contributed by atoms with van der Waals surface area (Å²) in [6.07, 6.45) is 1.78. The van der Waals surface area contributed by atoms with Crippen LogP contribution in [0.3, 0.4) is 0 Å². The molecule has 5 nitrogen and oxygen atoms in total. The molecule has 0 saturated carbocycles. The van der Waals surface area contributed by atoms with E-state index < -0.39 is 0 Å². The van der Waals surface area contributed by atoms with Crippen LogP contribution in [0.2, 0.25) is 5.02 Å². The van der Waals surface area contributed by atoms with Gasteiger partial charge >= 0.3 is 0 Å². The van der Waals surface area contributed by atoms with E-state index in [1.807, 2.05) is 59.5 Å². The highest BCUT2D eigenvalue weighted by Gasteiger charge is 2.43. The summed E-state index contributed by atoms with van der Waals surface area (Å²) < 4.78 is 2.16.